The Balaban J connectivity index is 0.00000176. The largest absolute Gasteiger partial charge is 0.381 e. The molecule has 1 fully saturated rings. The van der Waals surface area contributed by atoms with Crippen molar-refractivity contribution in [2.24, 2.45) is 5.73 Å². The molecule has 3 unspecified atom stereocenters. The predicted octanol–water partition coefficient (Wildman–Crippen LogP) is 2.26. The van der Waals surface area contributed by atoms with Gasteiger partial charge in [0.2, 0.25) is 5.91 Å². The molecule has 22 heavy (non-hydrogen) atoms. The average Bonchev–Trinajstić information content (AvgIpc) is 2.97. The molecular weight excluding hydrogens is 320 g/mol. The van der Waals surface area contributed by atoms with Crippen molar-refractivity contribution in [2.45, 2.75) is 35.8 Å². The first kappa shape index (κ1) is 17.6. The van der Waals surface area contributed by atoms with Gasteiger partial charge < -0.3 is 15.4 Å². The highest BCUT2D eigenvalue weighted by atomic mass is 35.5. The van der Waals surface area contributed by atoms with Gasteiger partial charge in [0, 0.05) is 36.9 Å². The summed E-state index contributed by atoms with van der Waals surface area (Å²) in [4.78, 5) is 16.2. The number of hydrogen-bond donors (Lipinski definition) is 1. The van der Waals surface area contributed by atoms with Crippen LogP contribution in [0.25, 0.3) is 0 Å². The van der Waals surface area contributed by atoms with Crippen LogP contribution in [-0.4, -0.2) is 48.9 Å². The summed E-state index contributed by atoms with van der Waals surface area (Å²) in [6.45, 7) is 1.26. The number of thioether (sulfide) groups is 1. The first-order valence-corrected chi connectivity index (χ1v) is 8.48. The molecule has 2 aliphatic heterocycles. The lowest BCUT2D eigenvalue weighted by atomic mass is 9.94. The fourth-order valence-corrected chi connectivity index (χ4v) is 4.53. The second-order valence-corrected chi connectivity index (χ2v) is 6.77. The maximum atomic E-state index is 12.9. The van der Waals surface area contributed by atoms with Crippen LogP contribution in [-0.2, 0) is 9.53 Å². The Labute approximate surface area is 142 Å². The third-order valence-electron chi connectivity index (χ3n) is 4.55. The summed E-state index contributed by atoms with van der Waals surface area (Å²) < 4.78 is 5.44. The number of carbonyl (C=O) groups is 1. The van der Waals surface area contributed by atoms with Gasteiger partial charge in [0.1, 0.15) is 0 Å². The van der Waals surface area contributed by atoms with Crippen molar-refractivity contribution in [1.82, 2.24) is 4.90 Å². The number of nitrogens with two attached hydrogens (primary N) is 1. The van der Waals surface area contributed by atoms with Crippen LogP contribution < -0.4 is 5.73 Å². The average molecular weight is 343 g/mol. The predicted molar refractivity (Wildman–Crippen MR) is 91.7 cm³/mol. The van der Waals surface area contributed by atoms with Gasteiger partial charge in [-0.15, -0.1) is 24.2 Å². The van der Waals surface area contributed by atoms with E-state index in [9.17, 15) is 4.79 Å². The number of halogens is 1. The highest BCUT2D eigenvalue weighted by molar-refractivity contribution is 7.99. The summed E-state index contributed by atoms with van der Waals surface area (Å²) in [5.41, 5.74) is 7.06. The standard InChI is InChI=1S/C16H22N2O2S.ClH/c1-20-12-6-7-18(11(8-12)9-17)16(19)14-10-21-15-5-3-2-4-13(14)15;/h2-5,11-12,14H,6-10,17H2,1H3;1H. The Morgan fingerprint density at radius 2 is 2.23 bits per heavy atom. The molecule has 3 rings (SSSR count). The number of nitrogens with zero attached hydrogens (tertiary/aromatic N) is 1. The first-order valence-electron chi connectivity index (χ1n) is 7.49. The van der Waals surface area contributed by atoms with Gasteiger partial charge in [0.25, 0.3) is 0 Å². The van der Waals surface area contributed by atoms with Gasteiger partial charge in [-0.1, -0.05) is 18.2 Å². The molecular formula is C16H23ClN2O2S. The molecule has 0 aromatic heterocycles. The molecule has 0 spiro atoms. The molecule has 0 saturated carbocycles. The van der Waals surface area contributed by atoms with Crippen molar-refractivity contribution < 1.29 is 9.53 Å². The van der Waals surface area contributed by atoms with Crippen LogP contribution in [0, 0.1) is 0 Å². The van der Waals surface area contributed by atoms with Gasteiger partial charge in [-0.2, -0.15) is 0 Å². The lowest BCUT2D eigenvalue weighted by Crippen LogP contribution is -2.52. The number of amides is 1. The minimum Gasteiger partial charge on any atom is -0.381 e. The van der Waals surface area contributed by atoms with Crippen LogP contribution in [0.3, 0.4) is 0 Å². The number of carbonyl (C=O) groups excluding carboxylic acids is 1. The van der Waals surface area contributed by atoms with E-state index in [1.807, 2.05) is 17.0 Å². The fourth-order valence-electron chi connectivity index (χ4n) is 3.31. The second kappa shape index (κ2) is 7.68. The van der Waals surface area contributed by atoms with E-state index in [4.69, 9.17) is 10.5 Å². The molecule has 122 valence electrons. The van der Waals surface area contributed by atoms with E-state index in [2.05, 4.69) is 12.1 Å². The summed E-state index contributed by atoms with van der Waals surface area (Å²) in [5, 5.41) is 0. The fraction of sp³-hybridized carbons (Fsp3) is 0.562. The molecule has 2 heterocycles. The molecule has 1 amide bonds. The molecule has 6 heteroatoms. The molecule has 2 aliphatic rings. The van der Waals surface area contributed by atoms with Gasteiger partial charge in [-0.25, -0.2) is 0 Å². The van der Waals surface area contributed by atoms with Gasteiger partial charge in [0.15, 0.2) is 0 Å². The molecule has 3 atom stereocenters. The van der Waals surface area contributed by atoms with Crippen molar-refractivity contribution in [3.63, 3.8) is 0 Å². The number of rotatable bonds is 3. The zero-order valence-electron chi connectivity index (χ0n) is 12.7. The van der Waals surface area contributed by atoms with Crippen LogP contribution in [0.15, 0.2) is 29.2 Å². The van der Waals surface area contributed by atoms with E-state index in [0.29, 0.717) is 6.54 Å². The summed E-state index contributed by atoms with van der Waals surface area (Å²) >= 11 is 1.78. The highest BCUT2D eigenvalue weighted by Crippen LogP contribution is 2.40. The van der Waals surface area contributed by atoms with Gasteiger partial charge in [-0.05, 0) is 24.5 Å². The van der Waals surface area contributed by atoms with Crippen LogP contribution in [0.2, 0.25) is 0 Å². The van der Waals surface area contributed by atoms with E-state index < -0.39 is 0 Å². The summed E-state index contributed by atoms with van der Waals surface area (Å²) in [5.74, 6) is 1.07. The molecule has 0 bridgehead atoms. The van der Waals surface area contributed by atoms with Crippen LogP contribution in [0.4, 0.5) is 0 Å². The molecule has 0 radical (unpaired) electrons. The SMILES string of the molecule is COC1CCN(C(=O)C2CSc3ccccc32)C(CN)C1.Cl. The molecule has 1 saturated heterocycles. The maximum Gasteiger partial charge on any atom is 0.231 e. The Hall–Kier alpha value is -0.750. The summed E-state index contributed by atoms with van der Waals surface area (Å²) in [6.07, 6.45) is 1.98. The van der Waals surface area contributed by atoms with Gasteiger partial charge in [0.05, 0.1) is 12.0 Å². The number of benzene rings is 1. The second-order valence-electron chi connectivity index (χ2n) is 5.70. The number of piperidine rings is 1. The number of fused-ring (bicyclic) bond motifs is 1. The van der Waals surface area contributed by atoms with Crippen molar-refractivity contribution in [1.29, 1.82) is 0 Å². The Bertz CT molecular complexity index is 529. The first-order chi connectivity index (χ1) is 10.2. The van der Waals surface area contributed by atoms with Crippen LogP contribution >= 0.6 is 24.2 Å². The number of hydrogen-bond acceptors (Lipinski definition) is 4. The van der Waals surface area contributed by atoms with Crippen LogP contribution in [0.5, 0.6) is 0 Å². The van der Waals surface area contributed by atoms with Crippen molar-refractivity contribution in [3.8, 4) is 0 Å². The molecule has 1 aromatic rings. The van der Waals surface area contributed by atoms with Crippen LogP contribution in [0.1, 0.15) is 24.3 Å². The lowest BCUT2D eigenvalue weighted by molar-refractivity contribution is -0.137. The Kier molecular flexibility index (Phi) is 6.15. The number of ether oxygens (including phenoxy) is 1. The van der Waals surface area contributed by atoms with Gasteiger partial charge >= 0.3 is 0 Å². The normalized spacial score (nSPS) is 27.2. The monoisotopic (exact) mass is 342 g/mol. The van der Waals surface area contributed by atoms with E-state index in [-0.39, 0.29) is 36.4 Å². The molecule has 0 aliphatic carbocycles. The zero-order chi connectivity index (χ0) is 14.8. The zero-order valence-corrected chi connectivity index (χ0v) is 14.4. The van der Waals surface area contributed by atoms with Crippen molar-refractivity contribution in [2.75, 3.05) is 26.0 Å². The lowest BCUT2D eigenvalue weighted by Gasteiger charge is -2.39. The van der Waals surface area contributed by atoms with E-state index in [1.54, 1.807) is 18.9 Å². The third-order valence-corrected chi connectivity index (χ3v) is 5.74. The Morgan fingerprint density at radius 3 is 2.95 bits per heavy atom. The van der Waals surface area contributed by atoms with E-state index >= 15 is 0 Å². The van der Waals surface area contributed by atoms with E-state index in [0.717, 1.165) is 25.1 Å². The van der Waals surface area contributed by atoms with Crippen molar-refractivity contribution >= 4 is 30.1 Å². The topological polar surface area (TPSA) is 55.6 Å². The summed E-state index contributed by atoms with van der Waals surface area (Å²) in [7, 11) is 1.74. The molecule has 1 aromatic carbocycles. The van der Waals surface area contributed by atoms with E-state index in [1.165, 1.54) is 10.5 Å². The van der Waals surface area contributed by atoms with Crippen molar-refractivity contribution in [3.05, 3.63) is 29.8 Å². The number of methoxy groups -OCH3 is 1. The quantitative estimate of drug-likeness (QED) is 0.915. The molecule has 4 nitrogen and oxygen atoms in total. The number of likely N-dealkylation sites (tertiary alicyclic amines) is 1. The third kappa shape index (κ3) is 3.27. The maximum absolute atomic E-state index is 12.9. The summed E-state index contributed by atoms with van der Waals surface area (Å²) in [6, 6.07) is 8.34. The Morgan fingerprint density at radius 1 is 1.45 bits per heavy atom. The molecule has 2 N–H and O–H groups in total. The minimum absolute atomic E-state index is 0. The smallest absolute Gasteiger partial charge is 0.231 e. The highest BCUT2D eigenvalue weighted by Gasteiger charge is 2.37. The van der Waals surface area contributed by atoms with Gasteiger partial charge in [-0.3, -0.25) is 4.79 Å². The minimum atomic E-state index is -0.0145.